The molecule has 2 amide bonds. The van der Waals surface area contributed by atoms with Gasteiger partial charge < -0.3 is 25.6 Å². The normalized spacial score (nSPS) is 11.9. The second kappa shape index (κ2) is 11.0. The van der Waals surface area contributed by atoms with Crippen LogP contribution in [0.1, 0.15) is 27.4 Å². The Morgan fingerprint density at radius 1 is 0.943 bits per heavy atom. The van der Waals surface area contributed by atoms with Crippen LogP contribution in [0.2, 0.25) is 0 Å². The number of phenols is 1. The van der Waals surface area contributed by atoms with Gasteiger partial charge in [0.2, 0.25) is 5.91 Å². The van der Waals surface area contributed by atoms with Gasteiger partial charge in [-0.25, -0.2) is 9.59 Å². The van der Waals surface area contributed by atoms with Crippen molar-refractivity contribution in [2.24, 2.45) is 0 Å². The van der Waals surface area contributed by atoms with E-state index in [0.717, 1.165) is 11.1 Å². The number of hydrogen-bond donors (Lipinski definition) is 4. The maximum Gasteiger partial charge on any atom is 0.407 e. The average molecular weight is 493 g/mol. The summed E-state index contributed by atoms with van der Waals surface area (Å²) in [5.41, 5.74) is 4.61. The van der Waals surface area contributed by atoms with Gasteiger partial charge in [0.1, 0.15) is 17.9 Å². The molecule has 4 N–H and O–H groups in total. The molecule has 0 aromatic heterocycles. The molecule has 0 saturated heterocycles. The van der Waals surface area contributed by atoms with Crippen LogP contribution in [-0.2, 0) is 9.53 Å². The summed E-state index contributed by atoms with van der Waals surface area (Å²) in [5.74, 6) is -1.37. The molecule has 0 radical (unpaired) electrons. The van der Waals surface area contributed by atoms with Crippen molar-refractivity contribution < 1.29 is 29.3 Å². The van der Waals surface area contributed by atoms with Crippen LogP contribution >= 0.6 is 11.8 Å². The summed E-state index contributed by atoms with van der Waals surface area (Å²) in [6.07, 6.45) is -0.512. The molecule has 3 aromatic carbocycles. The Kier molecular flexibility index (Phi) is 7.57. The van der Waals surface area contributed by atoms with E-state index in [0.29, 0.717) is 12.3 Å². The Balaban J connectivity index is 1.17. The molecule has 0 heterocycles. The van der Waals surface area contributed by atoms with Crippen LogP contribution in [0.3, 0.4) is 0 Å². The number of carboxylic acids is 1. The summed E-state index contributed by atoms with van der Waals surface area (Å²) in [6, 6.07) is 20.1. The van der Waals surface area contributed by atoms with Gasteiger partial charge in [-0.05, 0) is 40.5 Å². The van der Waals surface area contributed by atoms with Gasteiger partial charge in [0, 0.05) is 23.9 Å². The van der Waals surface area contributed by atoms with Crippen LogP contribution in [0.25, 0.3) is 11.1 Å². The van der Waals surface area contributed by atoms with Gasteiger partial charge in [-0.3, -0.25) is 4.79 Å². The number of thioether (sulfide) groups is 1. The Hall–Kier alpha value is -3.98. The monoisotopic (exact) mass is 492 g/mol. The van der Waals surface area contributed by atoms with Crippen LogP contribution in [0.5, 0.6) is 5.75 Å². The van der Waals surface area contributed by atoms with Gasteiger partial charge in [0.15, 0.2) is 0 Å². The first-order valence-corrected chi connectivity index (χ1v) is 12.1. The lowest BCUT2D eigenvalue weighted by Gasteiger charge is -2.14. The first kappa shape index (κ1) is 24.2. The van der Waals surface area contributed by atoms with E-state index in [1.54, 1.807) is 0 Å². The van der Waals surface area contributed by atoms with E-state index in [-0.39, 0.29) is 41.2 Å². The van der Waals surface area contributed by atoms with E-state index in [4.69, 9.17) is 9.84 Å². The number of amides is 2. The number of carbonyl (C=O) groups excluding carboxylic acids is 2. The molecule has 0 fully saturated rings. The van der Waals surface area contributed by atoms with E-state index >= 15 is 0 Å². The average Bonchev–Trinajstić information content (AvgIpc) is 3.17. The molecule has 1 aliphatic rings. The summed E-state index contributed by atoms with van der Waals surface area (Å²) < 4.78 is 5.48. The van der Waals surface area contributed by atoms with Crippen LogP contribution in [-0.4, -0.2) is 52.8 Å². The molecule has 0 aliphatic heterocycles. The van der Waals surface area contributed by atoms with E-state index < -0.39 is 12.1 Å². The van der Waals surface area contributed by atoms with Crippen LogP contribution < -0.4 is 10.6 Å². The van der Waals surface area contributed by atoms with Crippen molar-refractivity contribution in [3.8, 4) is 16.9 Å². The summed E-state index contributed by atoms with van der Waals surface area (Å²) >= 11 is 1.31. The molecule has 0 saturated carbocycles. The molecule has 0 atom stereocenters. The maximum absolute atomic E-state index is 12.2. The molecule has 0 unspecified atom stereocenters. The van der Waals surface area contributed by atoms with Crippen molar-refractivity contribution in [1.82, 2.24) is 5.32 Å². The number of aromatic hydroxyl groups is 1. The molecule has 4 rings (SSSR count). The number of benzene rings is 3. The minimum Gasteiger partial charge on any atom is -0.507 e. The number of rotatable bonds is 9. The second-order valence-corrected chi connectivity index (χ2v) is 9.00. The van der Waals surface area contributed by atoms with E-state index in [2.05, 4.69) is 34.9 Å². The van der Waals surface area contributed by atoms with Gasteiger partial charge in [0.05, 0.1) is 5.75 Å². The van der Waals surface area contributed by atoms with Crippen LogP contribution in [0.15, 0.2) is 66.7 Å². The van der Waals surface area contributed by atoms with Crippen LogP contribution in [0.4, 0.5) is 10.5 Å². The standard InChI is InChI=1S/C26H24N2O6S/c29-23-10-9-16(13-21(23)25(31)32)28-24(30)15-35-12-11-27-26(33)34-14-22-19-7-3-1-5-17(19)18-6-2-4-8-20(18)22/h1-10,13,22,29H,11-12,14-15H2,(H,27,33)(H,28,30)(H,31,32). The van der Waals surface area contributed by atoms with Gasteiger partial charge in [0.25, 0.3) is 0 Å². The van der Waals surface area contributed by atoms with E-state index in [9.17, 15) is 19.5 Å². The van der Waals surface area contributed by atoms with Crippen LogP contribution in [0, 0.1) is 0 Å². The number of alkyl carbamates (subject to hydrolysis) is 1. The number of hydrogen-bond acceptors (Lipinski definition) is 6. The first-order chi connectivity index (χ1) is 16.9. The highest BCUT2D eigenvalue weighted by atomic mass is 32.2. The largest absolute Gasteiger partial charge is 0.507 e. The van der Waals surface area contributed by atoms with E-state index in [1.165, 1.54) is 41.1 Å². The SMILES string of the molecule is O=C(CSCCNC(=O)OCC1c2ccccc2-c2ccccc21)Nc1ccc(O)c(C(=O)O)c1. The Labute approximate surface area is 206 Å². The number of carbonyl (C=O) groups is 3. The molecule has 0 spiro atoms. The summed E-state index contributed by atoms with van der Waals surface area (Å²) in [6.45, 7) is 0.567. The van der Waals surface area contributed by atoms with E-state index in [1.807, 2.05) is 24.3 Å². The van der Waals surface area contributed by atoms with Crippen molar-refractivity contribution in [2.45, 2.75) is 5.92 Å². The third kappa shape index (κ3) is 5.75. The highest BCUT2D eigenvalue weighted by Crippen LogP contribution is 2.44. The maximum atomic E-state index is 12.2. The molecule has 3 aromatic rings. The molecule has 9 heteroatoms. The van der Waals surface area contributed by atoms with Crippen molar-refractivity contribution in [3.63, 3.8) is 0 Å². The fraction of sp³-hybridized carbons (Fsp3) is 0.192. The number of ether oxygens (including phenoxy) is 1. The lowest BCUT2D eigenvalue weighted by Crippen LogP contribution is -2.28. The van der Waals surface area contributed by atoms with Gasteiger partial charge >= 0.3 is 12.1 Å². The topological polar surface area (TPSA) is 125 Å². The minimum atomic E-state index is -1.28. The highest BCUT2D eigenvalue weighted by Gasteiger charge is 2.28. The zero-order valence-corrected chi connectivity index (χ0v) is 19.5. The lowest BCUT2D eigenvalue weighted by atomic mass is 9.98. The molecule has 0 bridgehead atoms. The van der Waals surface area contributed by atoms with Crippen molar-refractivity contribution in [1.29, 1.82) is 0 Å². The summed E-state index contributed by atoms with van der Waals surface area (Å²) in [5, 5.41) is 23.8. The van der Waals surface area contributed by atoms with Gasteiger partial charge in [-0.1, -0.05) is 48.5 Å². The third-order valence-electron chi connectivity index (χ3n) is 5.60. The molecule has 180 valence electrons. The Morgan fingerprint density at radius 2 is 1.60 bits per heavy atom. The quantitative estimate of drug-likeness (QED) is 0.259. The van der Waals surface area contributed by atoms with Crippen molar-refractivity contribution >= 4 is 35.4 Å². The Bertz CT molecular complexity index is 1220. The predicted octanol–water partition coefficient (Wildman–Crippen LogP) is 4.30. The summed E-state index contributed by atoms with van der Waals surface area (Å²) in [4.78, 5) is 35.3. The van der Waals surface area contributed by atoms with Crippen molar-refractivity contribution in [3.05, 3.63) is 83.4 Å². The number of fused-ring (bicyclic) bond motifs is 3. The second-order valence-electron chi connectivity index (χ2n) is 7.89. The smallest absolute Gasteiger partial charge is 0.407 e. The highest BCUT2D eigenvalue weighted by molar-refractivity contribution is 7.99. The predicted molar refractivity (Wildman–Crippen MR) is 134 cm³/mol. The fourth-order valence-corrected chi connectivity index (χ4v) is 4.67. The Morgan fingerprint density at radius 3 is 2.26 bits per heavy atom. The molecule has 8 nitrogen and oxygen atoms in total. The van der Waals surface area contributed by atoms with Gasteiger partial charge in [-0.15, -0.1) is 0 Å². The molecular formula is C26H24N2O6S. The number of carboxylic acid groups (broad SMARTS) is 1. The molecule has 1 aliphatic carbocycles. The fourth-order valence-electron chi connectivity index (χ4n) is 4.02. The minimum absolute atomic E-state index is 0.00670. The molecule has 35 heavy (non-hydrogen) atoms. The summed E-state index contributed by atoms with van der Waals surface area (Å²) in [7, 11) is 0. The first-order valence-electron chi connectivity index (χ1n) is 11.0. The number of anilines is 1. The third-order valence-corrected chi connectivity index (χ3v) is 6.56. The van der Waals surface area contributed by atoms with Crippen molar-refractivity contribution in [2.75, 3.05) is 30.0 Å². The number of aromatic carboxylic acids is 1. The number of nitrogens with one attached hydrogen (secondary N) is 2. The zero-order chi connectivity index (χ0) is 24.8. The molecular weight excluding hydrogens is 468 g/mol. The lowest BCUT2D eigenvalue weighted by molar-refractivity contribution is -0.113. The van der Waals surface area contributed by atoms with Gasteiger partial charge in [-0.2, -0.15) is 11.8 Å². The zero-order valence-electron chi connectivity index (χ0n) is 18.7.